The maximum atomic E-state index is 14.9. The number of rotatable bonds is 8. The first-order chi connectivity index (χ1) is 20.4. The molecule has 2 atom stereocenters. The lowest BCUT2D eigenvalue weighted by Gasteiger charge is -2.17. The monoisotopic (exact) mass is 575 g/mol. The van der Waals surface area contributed by atoms with Crippen LogP contribution >= 0.6 is 0 Å². The number of anilines is 1. The van der Waals surface area contributed by atoms with Gasteiger partial charge in [-0.1, -0.05) is 18.2 Å². The second-order valence-electron chi connectivity index (χ2n) is 10.00. The number of aromatic nitrogens is 4. The molecule has 214 valence electrons. The van der Waals surface area contributed by atoms with E-state index in [1.807, 2.05) is 6.07 Å². The third-order valence-corrected chi connectivity index (χ3v) is 7.26. The van der Waals surface area contributed by atoms with Crippen LogP contribution in [0.5, 0.6) is 0 Å². The average molecular weight is 576 g/mol. The number of fused-ring (bicyclic) bond motifs is 1. The van der Waals surface area contributed by atoms with E-state index in [9.17, 15) is 22.4 Å². The highest BCUT2D eigenvalue weighted by Gasteiger charge is 2.28. The van der Waals surface area contributed by atoms with Gasteiger partial charge in [0.15, 0.2) is 0 Å². The lowest BCUT2D eigenvalue weighted by Crippen LogP contribution is -2.23. The van der Waals surface area contributed by atoms with Crippen molar-refractivity contribution in [3.63, 3.8) is 0 Å². The third kappa shape index (κ3) is 5.60. The van der Waals surface area contributed by atoms with E-state index >= 15 is 0 Å². The van der Waals surface area contributed by atoms with Gasteiger partial charge in [0.05, 0.1) is 34.5 Å². The molecule has 2 N–H and O–H groups in total. The van der Waals surface area contributed by atoms with Gasteiger partial charge in [-0.05, 0) is 54.8 Å². The zero-order valence-electron chi connectivity index (χ0n) is 22.2. The van der Waals surface area contributed by atoms with Crippen molar-refractivity contribution in [3.8, 4) is 22.5 Å². The zero-order valence-corrected chi connectivity index (χ0v) is 22.2. The Morgan fingerprint density at radius 1 is 1.05 bits per heavy atom. The average Bonchev–Trinajstić information content (AvgIpc) is 3.65. The highest BCUT2D eigenvalue weighted by atomic mass is 19.3. The highest BCUT2D eigenvalue weighted by molar-refractivity contribution is 6.02. The summed E-state index contributed by atoms with van der Waals surface area (Å²) in [5, 5.41) is 2.63. The van der Waals surface area contributed by atoms with Crippen LogP contribution < -0.4 is 5.32 Å². The van der Waals surface area contributed by atoms with Crippen LogP contribution in [0.2, 0.25) is 0 Å². The summed E-state index contributed by atoms with van der Waals surface area (Å²) in [5.74, 6) is -3.01. The molecule has 1 fully saturated rings. The number of alkyl halides is 2. The molecule has 5 aromatic rings. The van der Waals surface area contributed by atoms with Crippen molar-refractivity contribution >= 4 is 22.8 Å². The lowest BCUT2D eigenvalue weighted by molar-refractivity contribution is -0.118. The molecule has 7 nitrogen and oxygen atoms in total. The summed E-state index contributed by atoms with van der Waals surface area (Å²) < 4.78 is 60.9. The molecule has 1 aromatic carbocycles. The number of hydrogen-bond acceptors (Lipinski definition) is 5. The molecular formula is C31H25F4N5O2. The Morgan fingerprint density at radius 2 is 1.88 bits per heavy atom. The Morgan fingerprint density at radius 3 is 2.60 bits per heavy atom. The number of nitrogens with one attached hydrogen (secondary N) is 2. The van der Waals surface area contributed by atoms with Gasteiger partial charge in [0, 0.05) is 42.6 Å². The van der Waals surface area contributed by atoms with Gasteiger partial charge >= 0.3 is 0 Å². The molecule has 42 heavy (non-hydrogen) atoms. The molecule has 11 heteroatoms. The largest absolute Gasteiger partial charge is 0.373 e. The Bertz CT molecular complexity index is 1720. The Kier molecular flexibility index (Phi) is 7.66. The molecule has 4 aromatic heterocycles. The smallest absolute Gasteiger partial charge is 0.239 e. The number of benzene rings is 1. The first kappa shape index (κ1) is 27.5. The molecule has 1 amide bonds. The van der Waals surface area contributed by atoms with Crippen molar-refractivity contribution in [3.05, 3.63) is 95.9 Å². The first-order valence-corrected chi connectivity index (χ1v) is 13.4. The van der Waals surface area contributed by atoms with Crippen LogP contribution in [0, 0.1) is 11.8 Å². The molecule has 0 saturated carbocycles. The topological polar surface area (TPSA) is 92.8 Å². The van der Waals surface area contributed by atoms with Crippen molar-refractivity contribution in [1.82, 2.24) is 19.9 Å². The van der Waals surface area contributed by atoms with E-state index < -0.39 is 36.4 Å². The molecule has 0 spiro atoms. The minimum atomic E-state index is -2.76. The Labute approximate surface area is 238 Å². The van der Waals surface area contributed by atoms with E-state index in [4.69, 9.17) is 4.74 Å². The van der Waals surface area contributed by atoms with Gasteiger partial charge in [-0.2, -0.15) is 4.39 Å². The SMILES string of the molecule is O=C(Nc1cc(-c2[nH]c3c([C@@H]4CCCO4)cc(F)nc3c2-c2ccccn2)ccn1)[C@H](CC(F)F)c1ccc(F)cc1. The minimum Gasteiger partial charge on any atom is -0.373 e. The number of ether oxygens (including phenoxy) is 1. The fourth-order valence-electron chi connectivity index (χ4n) is 5.34. The molecule has 0 unspecified atom stereocenters. The van der Waals surface area contributed by atoms with Gasteiger partial charge in [-0.25, -0.2) is 23.1 Å². The number of aromatic amines is 1. The van der Waals surface area contributed by atoms with Crippen LogP contribution in [0.4, 0.5) is 23.4 Å². The molecule has 6 rings (SSSR count). The maximum absolute atomic E-state index is 14.9. The zero-order chi connectivity index (χ0) is 29.2. The summed E-state index contributed by atoms with van der Waals surface area (Å²) in [6.45, 7) is 0.578. The van der Waals surface area contributed by atoms with E-state index in [0.717, 1.165) is 25.0 Å². The quantitative estimate of drug-likeness (QED) is 0.151. The van der Waals surface area contributed by atoms with Crippen LogP contribution in [0.25, 0.3) is 33.5 Å². The predicted molar refractivity (Wildman–Crippen MR) is 149 cm³/mol. The highest BCUT2D eigenvalue weighted by Crippen LogP contribution is 2.41. The third-order valence-electron chi connectivity index (χ3n) is 7.26. The van der Waals surface area contributed by atoms with E-state index in [2.05, 4.69) is 25.3 Å². The number of halogens is 4. The van der Waals surface area contributed by atoms with E-state index in [1.54, 1.807) is 30.5 Å². The molecule has 1 saturated heterocycles. The summed E-state index contributed by atoms with van der Waals surface area (Å²) in [6, 6.07) is 14.9. The number of carbonyl (C=O) groups is 1. The van der Waals surface area contributed by atoms with Gasteiger partial charge in [-0.15, -0.1) is 0 Å². The molecule has 0 bridgehead atoms. The van der Waals surface area contributed by atoms with Crippen LogP contribution in [0.3, 0.4) is 0 Å². The van der Waals surface area contributed by atoms with Crippen LogP contribution in [-0.2, 0) is 9.53 Å². The summed E-state index contributed by atoms with van der Waals surface area (Å²) in [7, 11) is 0. The number of amides is 1. The van der Waals surface area contributed by atoms with Gasteiger partial charge in [0.1, 0.15) is 17.2 Å². The van der Waals surface area contributed by atoms with Crippen molar-refractivity contribution in [1.29, 1.82) is 0 Å². The maximum Gasteiger partial charge on any atom is 0.239 e. The molecule has 0 radical (unpaired) electrons. The molecule has 1 aliphatic heterocycles. The van der Waals surface area contributed by atoms with Crippen molar-refractivity contribution < 1.29 is 27.1 Å². The molecule has 1 aliphatic rings. The second-order valence-corrected chi connectivity index (χ2v) is 10.00. The number of H-pyrrole nitrogens is 1. The fraction of sp³-hybridized carbons (Fsp3) is 0.226. The summed E-state index contributed by atoms with van der Waals surface area (Å²) >= 11 is 0. The second kappa shape index (κ2) is 11.7. The van der Waals surface area contributed by atoms with Crippen LogP contribution in [-0.4, -0.2) is 38.9 Å². The predicted octanol–water partition coefficient (Wildman–Crippen LogP) is 7.19. The van der Waals surface area contributed by atoms with E-state index in [0.29, 0.717) is 45.7 Å². The standard InChI is InChI=1S/C31H25F4N5O2/c32-19-8-6-17(7-9-19)20(15-24(33)34)31(41)39-26-14-18(10-12-37-26)28-27(22-4-1-2-11-36-22)30-29(40-28)21(16-25(35)38-30)23-5-3-13-42-23/h1-2,4,6-12,14,16,20,23-24,40H,3,5,13,15H2,(H,37,39,41)/t20-,23+/m1/s1. The lowest BCUT2D eigenvalue weighted by atomic mass is 9.95. The van der Waals surface area contributed by atoms with Crippen molar-refractivity contribution in [2.24, 2.45) is 0 Å². The number of hydrogen-bond donors (Lipinski definition) is 2. The summed E-state index contributed by atoms with van der Waals surface area (Å²) in [4.78, 5) is 29.5. The summed E-state index contributed by atoms with van der Waals surface area (Å²) in [6.07, 6.45) is 0.885. The van der Waals surface area contributed by atoms with Crippen LogP contribution in [0.15, 0.2) is 73.1 Å². The van der Waals surface area contributed by atoms with Gasteiger partial charge in [0.25, 0.3) is 0 Å². The van der Waals surface area contributed by atoms with Gasteiger partial charge in [0.2, 0.25) is 18.3 Å². The minimum absolute atomic E-state index is 0.114. The molecule has 5 heterocycles. The van der Waals surface area contributed by atoms with E-state index in [-0.39, 0.29) is 17.5 Å². The normalized spacial score (nSPS) is 15.8. The molecule has 0 aliphatic carbocycles. The van der Waals surface area contributed by atoms with Crippen molar-refractivity contribution in [2.45, 2.75) is 37.7 Å². The molecular weight excluding hydrogens is 550 g/mol. The Hall–Kier alpha value is -4.64. The van der Waals surface area contributed by atoms with E-state index in [1.165, 1.54) is 24.4 Å². The van der Waals surface area contributed by atoms with Crippen LogP contribution in [0.1, 0.15) is 42.4 Å². The van der Waals surface area contributed by atoms with Crippen molar-refractivity contribution in [2.75, 3.05) is 11.9 Å². The Balaban J connectivity index is 1.41. The van der Waals surface area contributed by atoms with Gasteiger partial charge < -0.3 is 15.0 Å². The summed E-state index contributed by atoms with van der Waals surface area (Å²) in [5.41, 5.74) is 4.12. The fourth-order valence-corrected chi connectivity index (χ4v) is 5.34. The number of carbonyl (C=O) groups excluding carboxylic acids is 1. The number of pyridine rings is 3. The first-order valence-electron chi connectivity index (χ1n) is 13.4. The van der Waals surface area contributed by atoms with Gasteiger partial charge in [-0.3, -0.25) is 9.78 Å². The number of nitrogens with zero attached hydrogens (tertiary/aromatic N) is 3.